The molecule has 3 aromatic rings. The quantitative estimate of drug-likeness (QED) is 0.685. The van der Waals surface area contributed by atoms with Gasteiger partial charge in [-0.25, -0.2) is 4.79 Å². The summed E-state index contributed by atoms with van der Waals surface area (Å²) in [6.45, 7) is 2.65. The molecule has 1 amide bonds. The Morgan fingerprint density at radius 3 is 2.37 bits per heavy atom. The van der Waals surface area contributed by atoms with E-state index in [2.05, 4.69) is 52.1 Å². The first kappa shape index (κ1) is 18.9. The lowest BCUT2D eigenvalue weighted by molar-refractivity contribution is 0.127. The zero-order valence-corrected chi connectivity index (χ0v) is 16.9. The Morgan fingerprint density at radius 2 is 1.73 bits per heavy atom. The maximum Gasteiger partial charge on any atom is 0.407 e. The van der Waals surface area contributed by atoms with Gasteiger partial charge in [0.1, 0.15) is 6.61 Å². The van der Waals surface area contributed by atoms with Crippen molar-refractivity contribution in [2.24, 2.45) is 0 Å². The molecule has 1 aliphatic heterocycles. The fourth-order valence-electron chi connectivity index (χ4n) is 4.81. The second-order valence-corrected chi connectivity index (χ2v) is 8.10. The first-order chi connectivity index (χ1) is 14.8. The molecule has 0 bridgehead atoms. The van der Waals surface area contributed by atoms with Gasteiger partial charge >= 0.3 is 6.09 Å². The number of amides is 1. The highest BCUT2D eigenvalue weighted by Crippen LogP contribution is 2.44. The molecule has 0 saturated carbocycles. The molecule has 5 rings (SSSR count). The normalized spacial score (nSPS) is 17.2. The smallest absolute Gasteiger partial charge is 0.407 e. The van der Waals surface area contributed by atoms with Crippen LogP contribution in [0.15, 0.2) is 67.0 Å². The molecule has 2 aromatic carbocycles. The van der Waals surface area contributed by atoms with Crippen LogP contribution in [0.2, 0.25) is 0 Å². The number of alkyl carbamates (subject to hydrolysis) is 1. The van der Waals surface area contributed by atoms with Crippen molar-refractivity contribution in [3.05, 3.63) is 78.1 Å². The number of nitrogens with zero attached hydrogens (tertiary/aromatic N) is 2. The van der Waals surface area contributed by atoms with Crippen LogP contribution in [0.25, 0.3) is 11.1 Å². The number of hydrogen-bond donors (Lipinski definition) is 2. The predicted octanol–water partition coefficient (Wildman–Crippen LogP) is 3.50. The molecular formula is C24H26N4O2. The molecule has 1 aromatic heterocycles. The van der Waals surface area contributed by atoms with Gasteiger partial charge in [-0.3, -0.25) is 4.68 Å². The van der Waals surface area contributed by atoms with Crippen LogP contribution >= 0.6 is 0 Å². The van der Waals surface area contributed by atoms with Crippen LogP contribution in [0.1, 0.15) is 29.9 Å². The summed E-state index contributed by atoms with van der Waals surface area (Å²) in [6.07, 6.45) is 5.22. The van der Waals surface area contributed by atoms with Gasteiger partial charge in [0.25, 0.3) is 0 Å². The predicted molar refractivity (Wildman–Crippen MR) is 115 cm³/mol. The van der Waals surface area contributed by atoms with Gasteiger partial charge < -0.3 is 15.4 Å². The van der Waals surface area contributed by atoms with Crippen LogP contribution < -0.4 is 10.6 Å². The third kappa shape index (κ3) is 3.37. The van der Waals surface area contributed by atoms with Crippen LogP contribution in [0.5, 0.6) is 0 Å². The van der Waals surface area contributed by atoms with Gasteiger partial charge in [0.05, 0.1) is 5.54 Å². The van der Waals surface area contributed by atoms with Crippen LogP contribution in [-0.2, 0) is 10.3 Å². The minimum Gasteiger partial charge on any atom is -0.449 e. The van der Waals surface area contributed by atoms with Crippen molar-refractivity contribution in [1.82, 2.24) is 20.4 Å². The maximum absolute atomic E-state index is 12.6. The highest BCUT2D eigenvalue weighted by molar-refractivity contribution is 5.79. The molecule has 6 nitrogen and oxygen atoms in total. The fourth-order valence-corrected chi connectivity index (χ4v) is 4.81. The van der Waals surface area contributed by atoms with E-state index in [1.54, 1.807) is 6.20 Å². The largest absolute Gasteiger partial charge is 0.449 e. The van der Waals surface area contributed by atoms with Crippen molar-refractivity contribution in [2.45, 2.75) is 24.3 Å². The summed E-state index contributed by atoms with van der Waals surface area (Å²) in [7, 11) is 0. The summed E-state index contributed by atoms with van der Waals surface area (Å²) in [6, 6.07) is 18.7. The summed E-state index contributed by atoms with van der Waals surface area (Å²) in [5.41, 5.74) is 4.69. The van der Waals surface area contributed by atoms with E-state index in [-0.39, 0.29) is 17.6 Å². The molecule has 6 heteroatoms. The SMILES string of the molecule is O=C(NCC1(n2cccn2)CCNCC1)OCC1c2ccccc2-c2ccccc21. The van der Waals surface area contributed by atoms with E-state index >= 15 is 0 Å². The monoisotopic (exact) mass is 402 g/mol. The number of fused-ring (bicyclic) bond motifs is 3. The Kier molecular flexibility index (Phi) is 5.01. The third-order valence-corrected chi connectivity index (χ3v) is 6.43. The molecule has 0 unspecified atom stereocenters. The van der Waals surface area contributed by atoms with E-state index in [1.807, 2.05) is 29.1 Å². The average molecular weight is 402 g/mol. The lowest BCUT2D eigenvalue weighted by Crippen LogP contribution is -2.51. The van der Waals surface area contributed by atoms with Gasteiger partial charge in [0.15, 0.2) is 0 Å². The third-order valence-electron chi connectivity index (χ3n) is 6.43. The summed E-state index contributed by atoms with van der Waals surface area (Å²) < 4.78 is 7.68. The number of carbonyl (C=O) groups is 1. The van der Waals surface area contributed by atoms with E-state index in [9.17, 15) is 4.79 Å². The maximum atomic E-state index is 12.6. The van der Waals surface area contributed by atoms with Crippen LogP contribution in [0.3, 0.4) is 0 Å². The van der Waals surface area contributed by atoms with Crippen molar-refractivity contribution < 1.29 is 9.53 Å². The molecule has 1 aliphatic carbocycles. The van der Waals surface area contributed by atoms with Gasteiger partial charge in [-0.05, 0) is 54.3 Å². The Bertz CT molecular complexity index is 980. The molecule has 1 fully saturated rings. The number of piperidine rings is 1. The molecule has 1 saturated heterocycles. The Labute approximate surface area is 176 Å². The highest BCUT2D eigenvalue weighted by Gasteiger charge is 2.35. The summed E-state index contributed by atoms with van der Waals surface area (Å²) in [5, 5.41) is 10.8. The second-order valence-electron chi connectivity index (χ2n) is 8.10. The Hall–Kier alpha value is -3.12. The zero-order valence-electron chi connectivity index (χ0n) is 16.9. The average Bonchev–Trinajstić information content (AvgIpc) is 3.44. The molecule has 154 valence electrons. The lowest BCUT2D eigenvalue weighted by atomic mass is 9.88. The number of carbonyl (C=O) groups excluding carboxylic acids is 1. The number of aromatic nitrogens is 2. The zero-order chi connectivity index (χ0) is 20.4. The number of hydrogen-bond acceptors (Lipinski definition) is 4. The van der Waals surface area contributed by atoms with E-state index < -0.39 is 0 Å². The van der Waals surface area contributed by atoms with Crippen LogP contribution in [0, 0.1) is 0 Å². The van der Waals surface area contributed by atoms with E-state index in [0.29, 0.717) is 13.2 Å². The van der Waals surface area contributed by atoms with Gasteiger partial charge in [-0.1, -0.05) is 48.5 Å². The Morgan fingerprint density at radius 1 is 1.07 bits per heavy atom. The van der Waals surface area contributed by atoms with Gasteiger partial charge in [-0.15, -0.1) is 0 Å². The summed E-state index contributed by atoms with van der Waals surface area (Å²) >= 11 is 0. The molecule has 0 spiro atoms. The first-order valence-corrected chi connectivity index (χ1v) is 10.6. The highest BCUT2D eigenvalue weighted by atomic mass is 16.5. The molecule has 0 radical (unpaired) electrons. The van der Waals surface area contributed by atoms with E-state index in [4.69, 9.17) is 4.74 Å². The summed E-state index contributed by atoms with van der Waals surface area (Å²) in [5.74, 6) is 0.0714. The van der Waals surface area contributed by atoms with Crippen molar-refractivity contribution in [3.63, 3.8) is 0 Å². The molecule has 2 heterocycles. The number of rotatable bonds is 5. The van der Waals surface area contributed by atoms with Crippen molar-refractivity contribution >= 4 is 6.09 Å². The summed E-state index contributed by atoms with van der Waals surface area (Å²) in [4.78, 5) is 12.6. The number of benzene rings is 2. The van der Waals surface area contributed by atoms with Crippen LogP contribution in [0.4, 0.5) is 4.79 Å². The number of nitrogens with one attached hydrogen (secondary N) is 2. The minimum atomic E-state index is -0.373. The second kappa shape index (κ2) is 7.95. The van der Waals surface area contributed by atoms with Gasteiger partial charge in [0.2, 0.25) is 0 Å². The fraction of sp³-hybridized carbons (Fsp3) is 0.333. The molecular weight excluding hydrogens is 376 g/mol. The molecule has 0 atom stereocenters. The van der Waals surface area contributed by atoms with Crippen LogP contribution in [-0.4, -0.2) is 42.1 Å². The number of ether oxygens (including phenoxy) is 1. The molecule has 30 heavy (non-hydrogen) atoms. The molecule has 2 aliphatic rings. The minimum absolute atomic E-state index is 0.0714. The Balaban J connectivity index is 1.26. The first-order valence-electron chi connectivity index (χ1n) is 10.6. The van der Waals surface area contributed by atoms with E-state index in [0.717, 1.165) is 25.9 Å². The van der Waals surface area contributed by atoms with Crippen molar-refractivity contribution in [1.29, 1.82) is 0 Å². The topological polar surface area (TPSA) is 68.2 Å². The van der Waals surface area contributed by atoms with Crippen molar-refractivity contribution in [3.8, 4) is 11.1 Å². The van der Waals surface area contributed by atoms with E-state index in [1.165, 1.54) is 22.3 Å². The van der Waals surface area contributed by atoms with Gasteiger partial charge in [-0.2, -0.15) is 5.10 Å². The van der Waals surface area contributed by atoms with Crippen molar-refractivity contribution in [2.75, 3.05) is 26.2 Å². The van der Waals surface area contributed by atoms with Gasteiger partial charge in [0, 0.05) is 24.9 Å². The standard InChI is InChI=1S/C24H26N4O2/c29-23(26-17-24(10-13-25-14-11-24)28-15-5-12-27-28)30-16-22-20-8-3-1-6-18(20)19-7-2-4-9-21(19)22/h1-9,12,15,22,25H,10-11,13-14,16-17H2,(H,26,29). The molecule has 2 N–H and O–H groups in total. The lowest BCUT2D eigenvalue weighted by Gasteiger charge is -2.38.